The predicted molar refractivity (Wildman–Crippen MR) is 574 cm³/mol. The fourth-order valence-corrected chi connectivity index (χ4v) is 18.1. The second-order valence-corrected chi connectivity index (χ2v) is 42.9. The van der Waals surface area contributed by atoms with Crippen molar-refractivity contribution in [3.8, 4) is 90.5 Å². The van der Waals surface area contributed by atoms with Crippen molar-refractivity contribution in [1.29, 1.82) is 0 Å². The zero-order valence-electron chi connectivity index (χ0n) is 89.6. The molecule has 0 amide bonds. The molecule has 4 fully saturated rings. The Bertz CT molecular complexity index is 6180. The van der Waals surface area contributed by atoms with E-state index in [4.69, 9.17) is 66.3 Å². The first kappa shape index (κ1) is 114. The maximum absolute atomic E-state index is 14.8. The Morgan fingerprint density at radius 1 is 0.260 bits per heavy atom. The first-order valence-electron chi connectivity index (χ1n) is 51.5. The highest BCUT2D eigenvalue weighted by Gasteiger charge is 2.39. The third-order valence-corrected chi connectivity index (χ3v) is 26.7. The van der Waals surface area contributed by atoms with Gasteiger partial charge in [-0.15, -0.1) is 0 Å². The Morgan fingerprint density at radius 3 is 0.660 bits per heavy atom. The third-order valence-electron chi connectivity index (χ3n) is 26.7. The summed E-state index contributed by atoms with van der Waals surface area (Å²) in [5.74, 6) is 4.21. The molecule has 12 aromatic carbocycles. The van der Waals surface area contributed by atoms with Crippen LogP contribution < -0.4 is 37.9 Å². The number of carbonyl (C=O) groups excluding carboxylic acids is 2. The van der Waals surface area contributed by atoms with Crippen LogP contribution in [0.4, 0.5) is 17.6 Å². The zero-order chi connectivity index (χ0) is 108. The second-order valence-electron chi connectivity index (χ2n) is 42.9. The van der Waals surface area contributed by atoms with E-state index in [-0.39, 0.29) is 94.1 Å². The normalized spacial score (nSPS) is 14.2. The van der Waals surface area contributed by atoms with Gasteiger partial charge in [-0.25, -0.2) is 17.6 Å². The number of rotatable bonds is 44. The highest BCUT2D eigenvalue weighted by Crippen LogP contribution is 2.50. The summed E-state index contributed by atoms with van der Waals surface area (Å²) in [7, 11) is 9.12. The summed E-state index contributed by atoms with van der Waals surface area (Å²) in [6.07, 6.45) is 9.84. The average molecular weight is 2050 g/mol. The number of halogens is 4. The molecule has 4 aliphatic carbocycles. The molecule has 0 radical (unpaired) electrons. The number of methoxy groups -OCH3 is 6. The molecule has 16 rings (SSSR count). The van der Waals surface area contributed by atoms with Gasteiger partial charge in [0, 0.05) is 22.3 Å². The second kappa shape index (κ2) is 52.3. The summed E-state index contributed by atoms with van der Waals surface area (Å²) < 4.78 is 139. The molecule has 796 valence electrons. The number of carbonyl (C=O) groups is 4. The van der Waals surface area contributed by atoms with Crippen LogP contribution in [0.15, 0.2) is 243 Å². The van der Waals surface area contributed by atoms with Gasteiger partial charge in [0.05, 0.1) is 117 Å². The van der Waals surface area contributed by atoms with Crippen molar-refractivity contribution in [2.24, 2.45) is 23.7 Å². The highest BCUT2D eigenvalue weighted by atomic mass is 19.1. The molecular weight excluding hydrogens is 1910 g/mol. The fraction of sp³-hybridized carbons (Fsp3) is 0.397. The number of esters is 2. The summed E-state index contributed by atoms with van der Waals surface area (Å²) >= 11 is 0. The lowest BCUT2D eigenvalue weighted by Crippen LogP contribution is -2.19. The van der Waals surface area contributed by atoms with Crippen molar-refractivity contribution < 1.29 is 113 Å². The summed E-state index contributed by atoms with van der Waals surface area (Å²) in [5, 5.41) is 18.7. The minimum Gasteiger partial charge on any atom is -0.497 e. The molecule has 4 aliphatic rings. The lowest BCUT2D eigenvalue weighted by molar-refractivity contribution is -0.142. The number of hydrogen-bond acceptors (Lipinski definition) is 18. The largest absolute Gasteiger partial charge is 0.497 e. The maximum Gasteiger partial charge on any atom is 0.306 e. The lowest BCUT2D eigenvalue weighted by Gasteiger charge is -2.22. The van der Waals surface area contributed by atoms with Crippen molar-refractivity contribution in [2.45, 2.75) is 259 Å². The van der Waals surface area contributed by atoms with Gasteiger partial charge in [0.25, 0.3) is 0 Å². The molecule has 24 heteroatoms. The van der Waals surface area contributed by atoms with Crippen molar-refractivity contribution >= 4 is 23.9 Å². The van der Waals surface area contributed by atoms with Crippen LogP contribution >= 0.6 is 0 Å². The quantitative estimate of drug-likeness (QED) is 0.0266. The minimum atomic E-state index is -0.777. The molecular formula is C126H144F4O20. The molecule has 0 aliphatic heterocycles. The van der Waals surface area contributed by atoms with Crippen molar-refractivity contribution in [3.05, 3.63) is 333 Å². The van der Waals surface area contributed by atoms with Crippen LogP contribution in [0.2, 0.25) is 0 Å². The number of benzene rings is 12. The molecule has 0 spiro atoms. The van der Waals surface area contributed by atoms with Gasteiger partial charge < -0.3 is 76.5 Å². The molecule has 0 bridgehead atoms. The highest BCUT2D eigenvalue weighted by molar-refractivity contribution is 5.75. The van der Waals surface area contributed by atoms with Gasteiger partial charge >= 0.3 is 23.9 Å². The maximum atomic E-state index is 14.8. The summed E-state index contributed by atoms with van der Waals surface area (Å²) in [6.45, 7) is 26.5. The summed E-state index contributed by atoms with van der Waals surface area (Å²) in [4.78, 5) is 46.7. The molecule has 20 nitrogen and oxygen atoms in total. The van der Waals surface area contributed by atoms with Crippen LogP contribution in [0.1, 0.15) is 251 Å². The van der Waals surface area contributed by atoms with Gasteiger partial charge in [-0.05, 0) is 416 Å². The fourth-order valence-electron chi connectivity index (χ4n) is 18.1. The summed E-state index contributed by atoms with van der Waals surface area (Å²) in [5.41, 5.74) is 14.8. The van der Waals surface area contributed by atoms with Crippen LogP contribution in [0.3, 0.4) is 0 Å². The predicted octanol–water partition coefficient (Wildman–Crippen LogP) is 29.6. The van der Waals surface area contributed by atoms with E-state index in [0.29, 0.717) is 146 Å². The van der Waals surface area contributed by atoms with Gasteiger partial charge in [-0.1, -0.05) is 97.1 Å². The van der Waals surface area contributed by atoms with Crippen LogP contribution in [0.25, 0.3) is 44.5 Å². The third kappa shape index (κ3) is 34.8. The standard InChI is InChI=1S/2C32H37FO5.2C31H35FO5/c2*1-32(2,3)38-20-24-15-21(9-13-27(24)29-17-25(35-4)12-14-30(29)33)19-37-26-8-6-7-23(16-26)28(22-10-11-22)18-31(34)36-5;2*1-31(2,3)37-19-23-14-20(8-12-26(23)28-16-24(35-4)11-13-29(28)32)18-36-25-7-5-6-22(15-25)27(17-30(33)34)21-9-10-21/h2*6-9,12-17,22,28H,10-11,18-20H2,1-5H3;2*5-8,11-16,21,27H,9-10,17-19H2,1-4H3,(H,33,34)/t2*28-;2*27-/m1010/s1. The smallest absolute Gasteiger partial charge is 0.306 e. The van der Waals surface area contributed by atoms with E-state index in [1.54, 1.807) is 77.0 Å². The average Bonchev–Trinajstić information content (AvgIpc) is 1.07. The van der Waals surface area contributed by atoms with Gasteiger partial charge in [0.2, 0.25) is 0 Å². The molecule has 2 N–H and O–H groups in total. The number of hydrogen-bond donors (Lipinski definition) is 2. The van der Waals surface area contributed by atoms with E-state index in [9.17, 15) is 47.0 Å². The van der Waals surface area contributed by atoms with E-state index < -0.39 is 11.9 Å². The molecule has 150 heavy (non-hydrogen) atoms. The van der Waals surface area contributed by atoms with E-state index in [2.05, 4.69) is 12.1 Å². The molecule has 12 aromatic rings. The van der Waals surface area contributed by atoms with Crippen LogP contribution in [-0.4, -0.2) is 99.2 Å². The molecule has 0 heterocycles. The number of aliphatic carboxylic acids is 2. The van der Waals surface area contributed by atoms with E-state index in [1.807, 2.05) is 241 Å². The van der Waals surface area contributed by atoms with Gasteiger partial charge in [0.15, 0.2) is 0 Å². The van der Waals surface area contributed by atoms with E-state index in [1.165, 1.54) is 38.5 Å². The molecule has 0 aromatic heterocycles. The van der Waals surface area contributed by atoms with Gasteiger partial charge in [-0.3, -0.25) is 19.2 Å². The van der Waals surface area contributed by atoms with Gasteiger partial charge in [-0.2, -0.15) is 0 Å². The Labute approximate surface area is 880 Å². The number of ether oxygens (including phenoxy) is 14. The van der Waals surface area contributed by atoms with Crippen LogP contribution in [-0.2, 0) is 100 Å². The van der Waals surface area contributed by atoms with Crippen molar-refractivity contribution in [1.82, 2.24) is 0 Å². The van der Waals surface area contributed by atoms with Crippen molar-refractivity contribution in [2.75, 3.05) is 42.7 Å². The lowest BCUT2D eigenvalue weighted by atomic mass is 9.91. The van der Waals surface area contributed by atoms with E-state index >= 15 is 0 Å². The molecule has 0 unspecified atom stereocenters. The molecule has 4 atom stereocenters. The zero-order valence-corrected chi connectivity index (χ0v) is 89.6. The first-order valence-corrected chi connectivity index (χ1v) is 51.5. The first-order chi connectivity index (χ1) is 71.6. The van der Waals surface area contributed by atoms with Gasteiger partial charge in [0.1, 0.15) is 95.7 Å². The molecule has 4 saturated carbocycles. The van der Waals surface area contributed by atoms with Crippen molar-refractivity contribution in [3.63, 3.8) is 0 Å². The summed E-state index contributed by atoms with van der Waals surface area (Å²) in [6, 6.07) is 73.6. The van der Waals surface area contributed by atoms with Crippen LogP contribution in [0, 0.1) is 46.9 Å². The van der Waals surface area contributed by atoms with E-state index in [0.717, 1.165) is 152 Å². The Morgan fingerprint density at radius 2 is 0.473 bits per heavy atom. The minimum absolute atomic E-state index is 0.0132. The Balaban J connectivity index is 0.000000167. The Kier molecular flexibility index (Phi) is 39.6. The molecule has 0 saturated heterocycles. The monoisotopic (exact) mass is 2050 g/mol. The number of carboxylic acids is 2. The Hall–Kier alpha value is -13.5. The van der Waals surface area contributed by atoms with Crippen LogP contribution in [0.5, 0.6) is 46.0 Å². The number of carboxylic acid groups (broad SMARTS) is 2. The topological polar surface area (TPSA) is 238 Å². The SMILES string of the molecule is COC(=O)C[C@@H](c1cccc(OCc2ccc(-c3cc(OC)ccc3F)c(COC(C)(C)C)c2)c1)C1CC1.COC(=O)C[C@H](c1cccc(OCc2ccc(-c3cc(OC)ccc3F)c(COC(C)(C)C)c2)c1)C1CC1.COc1ccc(F)c(-c2ccc(COc3cccc([C@@H](CC(=O)O)C4CC4)c3)cc2COC(C)(C)C)c1.COc1ccc(F)c(-c2ccc(COc3cccc([C@H](CC(=O)O)C4CC4)c3)cc2COC(C)(C)C)c1.